The third kappa shape index (κ3) is 5.84. The minimum Gasteiger partial charge on any atom is -0.349 e. The first-order valence-corrected chi connectivity index (χ1v) is 8.44. The molecule has 2 rings (SSSR count). The summed E-state index contributed by atoms with van der Waals surface area (Å²) in [4.78, 5) is 13.9. The SMILES string of the molecule is CN(C)C(=NCCN1CCN(Cc2ccccc2)CC1)N(C)C. The lowest BCUT2D eigenvalue weighted by atomic mass is 10.2. The summed E-state index contributed by atoms with van der Waals surface area (Å²) in [5.74, 6) is 1.03. The number of rotatable bonds is 5. The fourth-order valence-corrected chi connectivity index (χ4v) is 2.99. The van der Waals surface area contributed by atoms with Crippen LogP contribution in [0.3, 0.4) is 0 Å². The van der Waals surface area contributed by atoms with E-state index in [1.165, 1.54) is 5.56 Å². The molecule has 1 saturated heterocycles. The molecule has 0 N–H and O–H groups in total. The highest BCUT2D eigenvalue weighted by molar-refractivity contribution is 5.79. The fourth-order valence-electron chi connectivity index (χ4n) is 2.99. The van der Waals surface area contributed by atoms with Gasteiger partial charge < -0.3 is 9.80 Å². The molecular weight excluding hydrogens is 286 g/mol. The first-order valence-electron chi connectivity index (χ1n) is 8.44. The number of nitrogens with zero attached hydrogens (tertiary/aromatic N) is 5. The molecule has 0 atom stereocenters. The van der Waals surface area contributed by atoms with Gasteiger partial charge in [-0.15, -0.1) is 0 Å². The Labute approximate surface area is 141 Å². The van der Waals surface area contributed by atoms with Gasteiger partial charge in [0.2, 0.25) is 0 Å². The number of benzene rings is 1. The minimum atomic E-state index is 0.865. The van der Waals surface area contributed by atoms with Crippen LogP contribution in [0.2, 0.25) is 0 Å². The Balaban J connectivity index is 1.71. The fraction of sp³-hybridized carbons (Fsp3) is 0.611. The summed E-state index contributed by atoms with van der Waals surface area (Å²) in [5, 5.41) is 0. The molecule has 1 aliphatic heterocycles. The second-order valence-electron chi connectivity index (χ2n) is 6.57. The van der Waals surface area contributed by atoms with Crippen molar-refractivity contribution in [2.75, 3.05) is 67.5 Å². The topological polar surface area (TPSA) is 25.3 Å². The Morgan fingerprint density at radius 1 is 0.913 bits per heavy atom. The van der Waals surface area contributed by atoms with Crippen molar-refractivity contribution in [3.8, 4) is 0 Å². The predicted octanol–water partition coefficient (Wildman–Crippen LogP) is 1.28. The van der Waals surface area contributed by atoms with Crippen molar-refractivity contribution in [2.24, 2.45) is 4.99 Å². The normalized spacial score (nSPS) is 16.2. The third-order valence-corrected chi connectivity index (χ3v) is 4.18. The second kappa shape index (κ2) is 8.89. The van der Waals surface area contributed by atoms with Gasteiger partial charge in [0.05, 0.1) is 6.54 Å². The molecule has 0 amide bonds. The van der Waals surface area contributed by atoms with E-state index in [2.05, 4.69) is 49.9 Å². The van der Waals surface area contributed by atoms with Gasteiger partial charge in [0.15, 0.2) is 5.96 Å². The summed E-state index contributed by atoms with van der Waals surface area (Å²) in [6, 6.07) is 10.8. The maximum atomic E-state index is 4.72. The van der Waals surface area contributed by atoms with Crippen LogP contribution in [0.25, 0.3) is 0 Å². The van der Waals surface area contributed by atoms with E-state index in [0.717, 1.165) is 51.8 Å². The lowest BCUT2D eigenvalue weighted by molar-refractivity contribution is 0.130. The Morgan fingerprint density at radius 2 is 1.48 bits per heavy atom. The van der Waals surface area contributed by atoms with Crippen LogP contribution in [0, 0.1) is 0 Å². The van der Waals surface area contributed by atoms with E-state index in [1.54, 1.807) is 0 Å². The van der Waals surface area contributed by atoms with Gasteiger partial charge in [-0.25, -0.2) is 0 Å². The van der Waals surface area contributed by atoms with Crippen LogP contribution in [0.15, 0.2) is 35.3 Å². The average Bonchev–Trinajstić information content (AvgIpc) is 2.53. The van der Waals surface area contributed by atoms with Gasteiger partial charge in [0.1, 0.15) is 0 Å². The maximum absolute atomic E-state index is 4.72. The molecule has 1 aromatic rings. The number of hydrogen-bond acceptors (Lipinski definition) is 3. The van der Waals surface area contributed by atoms with E-state index in [9.17, 15) is 0 Å². The molecule has 0 aliphatic carbocycles. The molecule has 0 aromatic heterocycles. The molecule has 1 aromatic carbocycles. The van der Waals surface area contributed by atoms with Gasteiger partial charge in [-0.05, 0) is 5.56 Å². The number of guanidine groups is 1. The van der Waals surface area contributed by atoms with Crippen LogP contribution in [0.4, 0.5) is 0 Å². The summed E-state index contributed by atoms with van der Waals surface area (Å²) in [5.41, 5.74) is 1.41. The summed E-state index contributed by atoms with van der Waals surface area (Å²) < 4.78 is 0. The molecular formula is C18H31N5. The molecule has 128 valence electrons. The first-order chi connectivity index (χ1) is 11.1. The molecule has 0 saturated carbocycles. The number of hydrogen-bond donors (Lipinski definition) is 0. The molecule has 1 aliphatic rings. The first kappa shape index (κ1) is 17.8. The largest absolute Gasteiger partial charge is 0.349 e. The van der Waals surface area contributed by atoms with Crippen molar-refractivity contribution in [3.05, 3.63) is 35.9 Å². The summed E-state index contributed by atoms with van der Waals surface area (Å²) >= 11 is 0. The lowest BCUT2D eigenvalue weighted by Crippen LogP contribution is -2.46. The Morgan fingerprint density at radius 3 is 2.04 bits per heavy atom. The zero-order valence-corrected chi connectivity index (χ0v) is 15.1. The number of piperazine rings is 1. The van der Waals surface area contributed by atoms with Crippen molar-refractivity contribution in [3.63, 3.8) is 0 Å². The van der Waals surface area contributed by atoms with Gasteiger partial charge in [-0.3, -0.25) is 14.8 Å². The van der Waals surface area contributed by atoms with E-state index >= 15 is 0 Å². The molecule has 23 heavy (non-hydrogen) atoms. The highest BCUT2D eigenvalue weighted by Crippen LogP contribution is 2.08. The average molecular weight is 317 g/mol. The van der Waals surface area contributed by atoms with Crippen LogP contribution in [0.1, 0.15) is 5.56 Å². The Bertz CT molecular complexity index is 465. The van der Waals surface area contributed by atoms with E-state index in [4.69, 9.17) is 4.99 Å². The van der Waals surface area contributed by atoms with Crippen LogP contribution < -0.4 is 0 Å². The molecule has 0 unspecified atom stereocenters. The van der Waals surface area contributed by atoms with Crippen LogP contribution in [0.5, 0.6) is 0 Å². The van der Waals surface area contributed by atoms with Crippen molar-refractivity contribution >= 4 is 5.96 Å². The van der Waals surface area contributed by atoms with E-state index in [1.807, 2.05) is 28.2 Å². The highest BCUT2D eigenvalue weighted by Gasteiger charge is 2.16. The maximum Gasteiger partial charge on any atom is 0.195 e. The van der Waals surface area contributed by atoms with Crippen molar-refractivity contribution in [1.82, 2.24) is 19.6 Å². The summed E-state index contributed by atoms with van der Waals surface area (Å²) in [7, 11) is 8.17. The third-order valence-electron chi connectivity index (χ3n) is 4.18. The molecule has 1 fully saturated rings. The van der Waals surface area contributed by atoms with Crippen LogP contribution in [-0.4, -0.2) is 93.0 Å². The smallest absolute Gasteiger partial charge is 0.195 e. The zero-order chi connectivity index (χ0) is 16.7. The molecule has 5 heteroatoms. The van der Waals surface area contributed by atoms with Crippen molar-refractivity contribution in [1.29, 1.82) is 0 Å². The van der Waals surface area contributed by atoms with E-state index in [-0.39, 0.29) is 0 Å². The van der Waals surface area contributed by atoms with Gasteiger partial charge in [-0.2, -0.15) is 0 Å². The van der Waals surface area contributed by atoms with Gasteiger partial charge >= 0.3 is 0 Å². The zero-order valence-electron chi connectivity index (χ0n) is 15.1. The molecule has 1 heterocycles. The van der Waals surface area contributed by atoms with Crippen molar-refractivity contribution in [2.45, 2.75) is 6.54 Å². The van der Waals surface area contributed by atoms with Gasteiger partial charge in [-0.1, -0.05) is 30.3 Å². The molecule has 0 bridgehead atoms. The Hall–Kier alpha value is -1.59. The number of aliphatic imine (C=N–C) groups is 1. The highest BCUT2D eigenvalue weighted by atomic mass is 15.3. The van der Waals surface area contributed by atoms with Crippen LogP contribution >= 0.6 is 0 Å². The quantitative estimate of drug-likeness (QED) is 0.603. The van der Waals surface area contributed by atoms with Gasteiger partial charge in [0.25, 0.3) is 0 Å². The van der Waals surface area contributed by atoms with E-state index in [0.29, 0.717) is 0 Å². The summed E-state index contributed by atoms with van der Waals surface area (Å²) in [6.45, 7) is 7.55. The minimum absolute atomic E-state index is 0.865. The van der Waals surface area contributed by atoms with Gasteiger partial charge in [0, 0.05) is 67.5 Å². The molecule has 0 radical (unpaired) electrons. The van der Waals surface area contributed by atoms with Crippen LogP contribution in [-0.2, 0) is 6.54 Å². The lowest BCUT2D eigenvalue weighted by Gasteiger charge is -2.34. The summed E-state index contributed by atoms with van der Waals surface area (Å²) in [6.07, 6.45) is 0. The standard InChI is InChI=1S/C18H31N5/c1-20(2)18(21(3)4)19-10-11-22-12-14-23(15-13-22)16-17-8-6-5-7-9-17/h5-9H,10-16H2,1-4H3. The van der Waals surface area contributed by atoms with E-state index < -0.39 is 0 Å². The molecule has 5 nitrogen and oxygen atoms in total. The molecule has 0 spiro atoms. The van der Waals surface area contributed by atoms with Crippen molar-refractivity contribution < 1.29 is 0 Å². The monoisotopic (exact) mass is 317 g/mol. The second-order valence-corrected chi connectivity index (χ2v) is 6.57. The predicted molar refractivity (Wildman–Crippen MR) is 97.8 cm³/mol. The Kier molecular flexibility index (Phi) is 6.86.